The summed E-state index contributed by atoms with van der Waals surface area (Å²) in [5.41, 5.74) is 3.08. The molecule has 0 saturated carbocycles. The molecule has 2 aromatic rings. The molecule has 1 N–H and O–H groups in total. The summed E-state index contributed by atoms with van der Waals surface area (Å²) in [5.74, 6) is 1.29. The predicted octanol–water partition coefficient (Wildman–Crippen LogP) is 4.76. The molecule has 1 aromatic carbocycles. The Balaban J connectivity index is 1.84. The molecule has 0 saturated heterocycles. The zero-order valence-corrected chi connectivity index (χ0v) is 17.7. The van der Waals surface area contributed by atoms with E-state index in [1.54, 1.807) is 22.7 Å². The molecule has 3 rings (SSSR count). The first-order valence-corrected chi connectivity index (χ1v) is 10.3. The van der Waals surface area contributed by atoms with Crippen LogP contribution < -0.4 is 15.0 Å². The molecular formula is C22H26N4O2S. The summed E-state index contributed by atoms with van der Waals surface area (Å²) in [7, 11) is 0. The molecule has 29 heavy (non-hydrogen) atoms. The van der Waals surface area contributed by atoms with Crippen molar-refractivity contribution >= 4 is 41.4 Å². The van der Waals surface area contributed by atoms with Gasteiger partial charge in [-0.1, -0.05) is 19.8 Å². The Labute approximate surface area is 177 Å². The third-order valence-corrected chi connectivity index (χ3v) is 4.84. The van der Waals surface area contributed by atoms with Gasteiger partial charge in [0.2, 0.25) is 0 Å². The topological polar surface area (TPSA) is 66.8 Å². The van der Waals surface area contributed by atoms with E-state index in [4.69, 9.17) is 4.74 Å². The summed E-state index contributed by atoms with van der Waals surface area (Å²) in [5, 5.41) is 4.78. The molecule has 7 heteroatoms. The van der Waals surface area contributed by atoms with Crippen LogP contribution in [0.1, 0.15) is 38.7 Å². The Morgan fingerprint density at radius 2 is 2.24 bits per heavy atom. The summed E-state index contributed by atoms with van der Waals surface area (Å²) >= 11 is 4.28. The predicted molar refractivity (Wildman–Crippen MR) is 122 cm³/mol. The fourth-order valence-electron chi connectivity index (χ4n) is 3.13. The van der Waals surface area contributed by atoms with Crippen molar-refractivity contribution in [1.82, 2.24) is 4.98 Å². The Morgan fingerprint density at radius 3 is 2.97 bits per heavy atom. The monoisotopic (exact) mass is 410 g/mol. The molecule has 1 amide bonds. The summed E-state index contributed by atoms with van der Waals surface area (Å²) in [4.78, 5) is 23.0. The number of nitrogens with zero attached hydrogens (tertiary/aromatic N) is 3. The summed E-state index contributed by atoms with van der Waals surface area (Å²) in [6.45, 7) is 4.87. The van der Waals surface area contributed by atoms with Crippen LogP contribution in [-0.4, -0.2) is 29.9 Å². The van der Waals surface area contributed by atoms with E-state index >= 15 is 0 Å². The number of hydrogen-bond acceptors (Lipinski definition) is 6. The molecule has 1 aliphatic rings. The first-order valence-electron chi connectivity index (χ1n) is 9.77. The van der Waals surface area contributed by atoms with Crippen molar-refractivity contribution in [2.24, 2.45) is 4.99 Å². The van der Waals surface area contributed by atoms with Gasteiger partial charge in [-0.05, 0) is 43.0 Å². The minimum atomic E-state index is -0.0694. The largest absolute Gasteiger partial charge is 0.494 e. The Hall–Kier alpha value is -2.80. The first-order chi connectivity index (χ1) is 14.1. The summed E-state index contributed by atoms with van der Waals surface area (Å²) < 4.78 is 5.84. The minimum absolute atomic E-state index is 0.0694. The van der Waals surface area contributed by atoms with Crippen molar-refractivity contribution < 1.29 is 9.53 Å². The number of anilines is 2. The number of carbonyl (C=O) groups excluding carboxylic acids is 1. The standard InChI is InChI=1S/C22H26N4O2S/c1-3-4-5-11-28-18-8-9-21-19(12-18)24-14-22(27)26(21)16(2)25-20(15-29)17-7-6-10-23-13-17/h6-10,12-13,15,24,29H,3-5,11,14H2,1-2H3/b20-15-,25-16?. The van der Waals surface area contributed by atoms with Crippen molar-refractivity contribution in [3.8, 4) is 5.75 Å². The molecule has 0 spiro atoms. The lowest BCUT2D eigenvalue weighted by molar-refractivity contribution is -0.116. The second-order valence-corrected chi connectivity index (χ2v) is 6.99. The first kappa shape index (κ1) is 20.9. The van der Waals surface area contributed by atoms with E-state index in [0.717, 1.165) is 42.0 Å². The van der Waals surface area contributed by atoms with Crippen LogP contribution in [0.5, 0.6) is 5.75 Å². The van der Waals surface area contributed by atoms with E-state index in [9.17, 15) is 4.79 Å². The second kappa shape index (κ2) is 10.1. The van der Waals surface area contributed by atoms with Gasteiger partial charge in [-0.15, -0.1) is 12.6 Å². The van der Waals surface area contributed by atoms with Crippen LogP contribution in [0.3, 0.4) is 0 Å². The quantitative estimate of drug-likeness (QED) is 0.299. The number of benzene rings is 1. The van der Waals surface area contributed by atoms with Gasteiger partial charge < -0.3 is 10.1 Å². The van der Waals surface area contributed by atoms with Gasteiger partial charge in [0.1, 0.15) is 11.6 Å². The van der Waals surface area contributed by atoms with Gasteiger partial charge in [-0.3, -0.25) is 14.7 Å². The number of pyridine rings is 1. The number of aromatic nitrogens is 1. The molecule has 6 nitrogen and oxygen atoms in total. The van der Waals surface area contributed by atoms with Gasteiger partial charge >= 0.3 is 0 Å². The molecule has 0 fully saturated rings. The van der Waals surface area contributed by atoms with E-state index in [0.29, 0.717) is 18.1 Å². The van der Waals surface area contributed by atoms with Crippen molar-refractivity contribution in [1.29, 1.82) is 0 Å². The maximum atomic E-state index is 12.6. The normalized spacial score (nSPS) is 14.4. The Kier molecular flexibility index (Phi) is 7.30. The van der Waals surface area contributed by atoms with Gasteiger partial charge in [0.05, 0.1) is 30.2 Å². The van der Waals surface area contributed by atoms with Crippen LogP contribution in [0.4, 0.5) is 11.4 Å². The van der Waals surface area contributed by atoms with Gasteiger partial charge in [-0.25, -0.2) is 4.99 Å². The highest BCUT2D eigenvalue weighted by Crippen LogP contribution is 2.34. The highest BCUT2D eigenvalue weighted by molar-refractivity contribution is 7.83. The maximum absolute atomic E-state index is 12.6. The lowest BCUT2D eigenvalue weighted by atomic mass is 10.1. The molecular weight excluding hydrogens is 384 g/mol. The SMILES string of the molecule is CCCCCOc1ccc2c(c1)NCC(=O)N2C(C)=N/C(=C\S)c1cccnc1. The molecule has 0 bridgehead atoms. The highest BCUT2D eigenvalue weighted by Gasteiger charge is 2.26. The van der Waals surface area contributed by atoms with Gasteiger partial charge in [0.25, 0.3) is 5.91 Å². The number of ether oxygens (including phenoxy) is 1. The molecule has 1 aliphatic heterocycles. The van der Waals surface area contributed by atoms with E-state index in [-0.39, 0.29) is 12.5 Å². The minimum Gasteiger partial charge on any atom is -0.494 e. The van der Waals surface area contributed by atoms with E-state index < -0.39 is 0 Å². The summed E-state index contributed by atoms with van der Waals surface area (Å²) in [6.07, 6.45) is 6.76. The summed E-state index contributed by atoms with van der Waals surface area (Å²) in [6, 6.07) is 9.46. The van der Waals surface area contributed by atoms with E-state index in [2.05, 4.69) is 34.8 Å². The van der Waals surface area contributed by atoms with Gasteiger partial charge in [0.15, 0.2) is 0 Å². The molecule has 0 radical (unpaired) electrons. The highest BCUT2D eigenvalue weighted by atomic mass is 32.1. The van der Waals surface area contributed by atoms with E-state index in [1.807, 2.05) is 37.3 Å². The molecule has 152 valence electrons. The number of nitrogens with one attached hydrogen (secondary N) is 1. The molecule has 0 aliphatic carbocycles. The average Bonchev–Trinajstić information content (AvgIpc) is 2.75. The smallest absolute Gasteiger partial charge is 0.251 e. The van der Waals surface area contributed by atoms with Crippen molar-refractivity contribution in [2.75, 3.05) is 23.4 Å². The fraction of sp³-hybridized carbons (Fsp3) is 0.318. The van der Waals surface area contributed by atoms with Gasteiger partial charge in [-0.2, -0.15) is 0 Å². The number of hydrogen-bond donors (Lipinski definition) is 2. The number of amides is 1. The lowest BCUT2D eigenvalue weighted by Gasteiger charge is -2.30. The van der Waals surface area contributed by atoms with Crippen LogP contribution >= 0.6 is 12.6 Å². The van der Waals surface area contributed by atoms with Gasteiger partial charge in [0, 0.05) is 24.0 Å². The number of carbonyl (C=O) groups is 1. The Bertz CT molecular complexity index is 912. The molecule has 2 heterocycles. The zero-order valence-electron chi connectivity index (χ0n) is 16.8. The van der Waals surface area contributed by atoms with Crippen LogP contribution in [0, 0.1) is 0 Å². The third-order valence-electron chi connectivity index (χ3n) is 4.59. The van der Waals surface area contributed by atoms with Crippen LogP contribution in [0.25, 0.3) is 5.70 Å². The van der Waals surface area contributed by atoms with Crippen LogP contribution in [0.2, 0.25) is 0 Å². The molecule has 0 atom stereocenters. The molecule has 1 aromatic heterocycles. The van der Waals surface area contributed by atoms with Crippen LogP contribution in [-0.2, 0) is 4.79 Å². The number of rotatable bonds is 7. The molecule has 0 unspecified atom stereocenters. The number of fused-ring (bicyclic) bond motifs is 1. The van der Waals surface area contributed by atoms with Crippen molar-refractivity contribution in [3.63, 3.8) is 0 Å². The zero-order chi connectivity index (χ0) is 20.6. The number of amidine groups is 1. The lowest BCUT2D eigenvalue weighted by Crippen LogP contribution is -2.43. The van der Waals surface area contributed by atoms with Crippen LogP contribution in [0.15, 0.2) is 53.1 Å². The third kappa shape index (κ3) is 5.17. The van der Waals surface area contributed by atoms with E-state index in [1.165, 1.54) is 0 Å². The van der Waals surface area contributed by atoms with Crippen molar-refractivity contribution in [2.45, 2.75) is 33.1 Å². The average molecular weight is 411 g/mol. The van der Waals surface area contributed by atoms with Crippen molar-refractivity contribution in [3.05, 3.63) is 53.7 Å². The number of unbranched alkanes of at least 4 members (excludes halogenated alkanes) is 2. The number of aliphatic imine (C=N–C) groups is 1. The Morgan fingerprint density at radius 1 is 1.38 bits per heavy atom. The maximum Gasteiger partial charge on any atom is 0.251 e. The number of thiol groups is 1. The second-order valence-electron chi connectivity index (χ2n) is 6.73. The fourth-order valence-corrected chi connectivity index (χ4v) is 3.34.